The number of ether oxygens (including phenoxy) is 1. The van der Waals surface area contributed by atoms with Crippen LogP contribution in [-0.4, -0.2) is 17.8 Å². The molecule has 3 heteroatoms. The minimum atomic E-state index is -0.252. The van der Waals surface area contributed by atoms with Gasteiger partial charge in [-0.15, -0.1) is 0 Å². The van der Waals surface area contributed by atoms with Crippen molar-refractivity contribution in [1.82, 2.24) is 0 Å². The van der Waals surface area contributed by atoms with Crippen LogP contribution in [0.2, 0.25) is 0 Å². The molecule has 1 heterocycles. The van der Waals surface area contributed by atoms with Crippen LogP contribution < -0.4 is 4.74 Å². The standard InChI is InChI=1S/C14H19BrO2/c1-2-3-4-13(16)9-11-8-12(15)7-10-5-6-17-14(10)11/h7-8,13,16H,2-6,9H2,1H3. The molecule has 17 heavy (non-hydrogen) atoms. The van der Waals surface area contributed by atoms with E-state index in [2.05, 4.69) is 35.0 Å². The Balaban J connectivity index is 2.10. The summed E-state index contributed by atoms with van der Waals surface area (Å²) >= 11 is 3.52. The van der Waals surface area contributed by atoms with Crippen LogP contribution in [-0.2, 0) is 12.8 Å². The molecule has 1 aromatic rings. The average molecular weight is 299 g/mol. The number of aliphatic hydroxyl groups is 1. The van der Waals surface area contributed by atoms with Gasteiger partial charge >= 0.3 is 0 Å². The lowest BCUT2D eigenvalue weighted by atomic mass is 10.0. The minimum absolute atomic E-state index is 0.252. The van der Waals surface area contributed by atoms with Gasteiger partial charge in [0.05, 0.1) is 12.7 Å². The first kappa shape index (κ1) is 12.9. The number of halogens is 1. The van der Waals surface area contributed by atoms with Crippen LogP contribution in [0.3, 0.4) is 0 Å². The zero-order valence-corrected chi connectivity index (χ0v) is 11.8. The van der Waals surface area contributed by atoms with Gasteiger partial charge in [-0.05, 0) is 29.7 Å². The highest BCUT2D eigenvalue weighted by Gasteiger charge is 2.19. The molecule has 0 fully saturated rings. The van der Waals surface area contributed by atoms with E-state index in [4.69, 9.17) is 4.74 Å². The molecule has 0 spiro atoms. The van der Waals surface area contributed by atoms with Gasteiger partial charge in [0.25, 0.3) is 0 Å². The third-order valence-electron chi connectivity index (χ3n) is 3.17. The molecule has 0 aliphatic carbocycles. The third-order valence-corrected chi connectivity index (χ3v) is 3.63. The normalized spacial score (nSPS) is 15.5. The summed E-state index contributed by atoms with van der Waals surface area (Å²) in [5.41, 5.74) is 2.40. The second-order valence-electron chi connectivity index (χ2n) is 4.65. The van der Waals surface area contributed by atoms with Crippen LogP contribution in [0.15, 0.2) is 16.6 Å². The van der Waals surface area contributed by atoms with Gasteiger partial charge in [-0.25, -0.2) is 0 Å². The maximum atomic E-state index is 9.99. The van der Waals surface area contributed by atoms with Crippen molar-refractivity contribution in [1.29, 1.82) is 0 Å². The molecule has 2 nitrogen and oxygen atoms in total. The Hall–Kier alpha value is -0.540. The lowest BCUT2D eigenvalue weighted by molar-refractivity contribution is 0.160. The van der Waals surface area contributed by atoms with E-state index in [9.17, 15) is 5.11 Å². The molecule has 0 saturated heterocycles. The van der Waals surface area contributed by atoms with E-state index in [0.29, 0.717) is 6.42 Å². The van der Waals surface area contributed by atoms with E-state index in [1.54, 1.807) is 0 Å². The van der Waals surface area contributed by atoms with Crippen molar-refractivity contribution in [2.45, 2.75) is 45.1 Å². The van der Waals surface area contributed by atoms with E-state index in [0.717, 1.165) is 48.1 Å². The predicted octanol–water partition coefficient (Wildman–Crippen LogP) is 3.48. The van der Waals surface area contributed by atoms with Crippen LogP contribution in [0.5, 0.6) is 5.75 Å². The Morgan fingerprint density at radius 2 is 2.29 bits per heavy atom. The maximum Gasteiger partial charge on any atom is 0.125 e. The Kier molecular flexibility index (Phi) is 4.46. The fourth-order valence-corrected chi connectivity index (χ4v) is 2.85. The number of unbranched alkanes of at least 4 members (excludes halogenated alkanes) is 1. The third kappa shape index (κ3) is 3.23. The van der Waals surface area contributed by atoms with Gasteiger partial charge in [0.2, 0.25) is 0 Å². The Morgan fingerprint density at radius 3 is 3.06 bits per heavy atom. The lowest BCUT2D eigenvalue weighted by Crippen LogP contribution is -2.11. The SMILES string of the molecule is CCCCC(O)Cc1cc(Br)cc2c1OCC2. The summed E-state index contributed by atoms with van der Waals surface area (Å²) in [6.45, 7) is 2.91. The predicted molar refractivity (Wildman–Crippen MR) is 72.6 cm³/mol. The molecule has 2 rings (SSSR count). The molecule has 1 aliphatic rings. The van der Waals surface area contributed by atoms with E-state index < -0.39 is 0 Å². The first-order valence-electron chi connectivity index (χ1n) is 6.33. The fourth-order valence-electron chi connectivity index (χ4n) is 2.29. The van der Waals surface area contributed by atoms with E-state index in [-0.39, 0.29) is 6.10 Å². The summed E-state index contributed by atoms with van der Waals surface area (Å²) in [5.74, 6) is 1.00. The van der Waals surface area contributed by atoms with Crippen LogP contribution >= 0.6 is 15.9 Å². The Labute approximate surface area is 111 Å². The molecular weight excluding hydrogens is 280 g/mol. The summed E-state index contributed by atoms with van der Waals surface area (Å²) in [6.07, 6.45) is 4.51. The first-order chi connectivity index (χ1) is 8.20. The number of hydrogen-bond donors (Lipinski definition) is 1. The second-order valence-corrected chi connectivity index (χ2v) is 5.57. The molecule has 1 unspecified atom stereocenters. The molecule has 1 aliphatic heterocycles. The van der Waals surface area contributed by atoms with Crippen LogP contribution in [0.1, 0.15) is 37.3 Å². The molecule has 1 atom stereocenters. The lowest BCUT2D eigenvalue weighted by Gasteiger charge is -2.13. The van der Waals surface area contributed by atoms with Gasteiger partial charge < -0.3 is 9.84 Å². The van der Waals surface area contributed by atoms with Crippen LogP contribution in [0.4, 0.5) is 0 Å². The van der Waals surface area contributed by atoms with Gasteiger partial charge in [0.1, 0.15) is 5.75 Å². The number of fused-ring (bicyclic) bond motifs is 1. The quantitative estimate of drug-likeness (QED) is 0.902. The van der Waals surface area contributed by atoms with Crippen molar-refractivity contribution in [3.05, 3.63) is 27.7 Å². The van der Waals surface area contributed by atoms with Gasteiger partial charge in [-0.2, -0.15) is 0 Å². The highest BCUT2D eigenvalue weighted by atomic mass is 79.9. The summed E-state index contributed by atoms with van der Waals surface area (Å²) in [6, 6.07) is 4.18. The van der Waals surface area contributed by atoms with Gasteiger partial charge in [0.15, 0.2) is 0 Å². The highest BCUT2D eigenvalue weighted by Crippen LogP contribution is 2.33. The average Bonchev–Trinajstić information content (AvgIpc) is 2.74. The number of benzene rings is 1. The van der Waals surface area contributed by atoms with Gasteiger partial charge in [0, 0.05) is 17.3 Å². The van der Waals surface area contributed by atoms with Gasteiger partial charge in [-0.3, -0.25) is 0 Å². The fraction of sp³-hybridized carbons (Fsp3) is 0.571. The Morgan fingerprint density at radius 1 is 1.47 bits per heavy atom. The molecular formula is C14H19BrO2. The minimum Gasteiger partial charge on any atom is -0.493 e. The molecule has 0 aromatic heterocycles. The van der Waals surface area contributed by atoms with E-state index >= 15 is 0 Å². The van der Waals surface area contributed by atoms with Crippen molar-refractivity contribution in [3.63, 3.8) is 0 Å². The smallest absolute Gasteiger partial charge is 0.125 e. The van der Waals surface area contributed by atoms with E-state index in [1.165, 1.54) is 5.56 Å². The largest absolute Gasteiger partial charge is 0.493 e. The van der Waals surface area contributed by atoms with Crippen molar-refractivity contribution in [3.8, 4) is 5.75 Å². The zero-order chi connectivity index (χ0) is 12.3. The molecule has 0 amide bonds. The molecule has 0 radical (unpaired) electrons. The number of hydrogen-bond acceptors (Lipinski definition) is 2. The summed E-state index contributed by atoms with van der Waals surface area (Å²) in [4.78, 5) is 0. The molecule has 94 valence electrons. The molecule has 0 bridgehead atoms. The van der Waals surface area contributed by atoms with Crippen molar-refractivity contribution in [2.75, 3.05) is 6.61 Å². The van der Waals surface area contributed by atoms with Crippen molar-refractivity contribution >= 4 is 15.9 Å². The maximum absolute atomic E-state index is 9.99. The van der Waals surface area contributed by atoms with Crippen LogP contribution in [0.25, 0.3) is 0 Å². The highest BCUT2D eigenvalue weighted by molar-refractivity contribution is 9.10. The molecule has 1 aromatic carbocycles. The zero-order valence-electron chi connectivity index (χ0n) is 10.2. The summed E-state index contributed by atoms with van der Waals surface area (Å²) < 4.78 is 6.74. The van der Waals surface area contributed by atoms with Crippen molar-refractivity contribution < 1.29 is 9.84 Å². The van der Waals surface area contributed by atoms with E-state index in [1.807, 2.05) is 0 Å². The van der Waals surface area contributed by atoms with Crippen LogP contribution in [0, 0.1) is 0 Å². The molecule has 0 saturated carbocycles. The summed E-state index contributed by atoms with van der Waals surface area (Å²) in [7, 11) is 0. The number of aliphatic hydroxyl groups excluding tert-OH is 1. The second kappa shape index (κ2) is 5.87. The monoisotopic (exact) mass is 298 g/mol. The molecule has 1 N–H and O–H groups in total. The number of rotatable bonds is 5. The van der Waals surface area contributed by atoms with Crippen molar-refractivity contribution in [2.24, 2.45) is 0 Å². The topological polar surface area (TPSA) is 29.5 Å². The summed E-state index contributed by atoms with van der Waals surface area (Å²) in [5, 5.41) is 9.99. The Bertz CT molecular complexity index is 390. The first-order valence-corrected chi connectivity index (χ1v) is 7.12. The van der Waals surface area contributed by atoms with Gasteiger partial charge in [-0.1, -0.05) is 35.7 Å².